The van der Waals surface area contributed by atoms with Gasteiger partial charge in [0.15, 0.2) is 0 Å². The molecule has 1 fully saturated rings. The summed E-state index contributed by atoms with van der Waals surface area (Å²) in [5.74, 6) is 0.894. The topological polar surface area (TPSA) is 45.6 Å². The molecule has 1 aromatic carbocycles. The summed E-state index contributed by atoms with van der Waals surface area (Å²) in [6, 6.07) is 8.39. The Bertz CT molecular complexity index is 597. The fourth-order valence-electron chi connectivity index (χ4n) is 2.89. The molecular weight excluding hydrogens is 296 g/mol. The van der Waals surface area contributed by atoms with Crippen molar-refractivity contribution < 1.29 is 9.84 Å². The summed E-state index contributed by atoms with van der Waals surface area (Å²) in [6.07, 6.45) is 2.26. The van der Waals surface area contributed by atoms with E-state index in [2.05, 4.69) is 22.4 Å². The molecule has 2 heterocycles. The molecule has 2 aromatic rings. The van der Waals surface area contributed by atoms with Gasteiger partial charge in [-0.2, -0.15) is 0 Å². The summed E-state index contributed by atoms with van der Waals surface area (Å²) in [7, 11) is 0. The van der Waals surface area contributed by atoms with Crippen LogP contribution in [0.4, 0.5) is 0 Å². The smallest absolute Gasteiger partial charge is 0.123 e. The SMILES string of the molecule is CCOc1ccc(-c2nc(CN3CCC[C@H]3CO)cs2)cc1. The molecule has 0 spiro atoms. The molecule has 0 saturated carbocycles. The van der Waals surface area contributed by atoms with Gasteiger partial charge < -0.3 is 9.84 Å². The summed E-state index contributed by atoms with van der Waals surface area (Å²) < 4.78 is 5.47. The number of hydrogen-bond donors (Lipinski definition) is 1. The first-order valence-corrected chi connectivity index (χ1v) is 8.70. The monoisotopic (exact) mass is 318 g/mol. The Morgan fingerprint density at radius 1 is 1.36 bits per heavy atom. The molecule has 1 aliphatic heterocycles. The summed E-state index contributed by atoms with van der Waals surface area (Å²) in [4.78, 5) is 7.07. The van der Waals surface area contributed by atoms with Gasteiger partial charge in [-0.15, -0.1) is 11.3 Å². The summed E-state index contributed by atoms with van der Waals surface area (Å²) >= 11 is 1.67. The van der Waals surface area contributed by atoms with E-state index < -0.39 is 0 Å². The van der Waals surface area contributed by atoms with E-state index in [1.54, 1.807) is 11.3 Å². The molecule has 1 aromatic heterocycles. The second-order valence-corrected chi connectivity index (χ2v) is 6.41. The minimum atomic E-state index is 0.246. The maximum absolute atomic E-state index is 9.40. The van der Waals surface area contributed by atoms with Gasteiger partial charge in [-0.05, 0) is 50.6 Å². The van der Waals surface area contributed by atoms with E-state index in [0.29, 0.717) is 12.6 Å². The van der Waals surface area contributed by atoms with Gasteiger partial charge in [-0.1, -0.05) is 0 Å². The van der Waals surface area contributed by atoms with Crippen molar-refractivity contribution in [2.75, 3.05) is 19.8 Å². The molecule has 1 saturated heterocycles. The zero-order valence-corrected chi connectivity index (χ0v) is 13.7. The highest BCUT2D eigenvalue weighted by atomic mass is 32.1. The predicted molar refractivity (Wildman–Crippen MR) is 89.2 cm³/mol. The lowest BCUT2D eigenvalue weighted by Crippen LogP contribution is -2.31. The number of thiazole rings is 1. The van der Waals surface area contributed by atoms with Gasteiger partial charge in [0.25, 0.3) is 0 Å². The molecule has 22 heavy (non-hydrogen) atoms. The standard InChI is InChI=1S/C17H22N2O2S/c1-2-21-16-7-5-13(6-8-16)17-18-14(12-22-17)10-19-9-3-4-15(19)11-20/h5-8,12,15,20H,2-4,9-11H2,1H3/t15-/m0/s1. The van der Waals surface area contributed by atoms with Crippen molar-refractivity contribution in [2.24, 2.45) is 0 Å². The maximum atomic E-state index is 9.40. The van der Waals surface area contributed by atoms with Crippen LogP contribution in [0, 0.1) is 0 Å². The van der Waals surface area contributed by atoms with Crippen LogP contribution < -0.4 is 4.74 Å². The Morgan fingerprint density at radius 3 is 2.91 bits per heavy atom. The van der Waals surface area contributed by atoms with Crippen molar-refractivity contribution in [1.82, 2.24) is 9.88 Å². The second kappa shape index (κ2) is 7.22. The minimum absolute atomic E-state index is 0.246. The lowest BCUT2D eigenvalue weighted by Gasteiger charge is -2.21. The largest absolute Gasteiger partial charge is 0.494 e. The van der Waals surface area contributed by atoms with E-state index >= 15 is 0 Å². The number of aliphatic hydroxyl groups excluding tert-OH is 1. The van der Waals surface area contributed by atoms with Crippen molar-refractivity contribution >= 4 is 11.3 Å². The van der Waals surface area contributed by atoms with Crippen LogP contribution in [0.5, 0.6) is 5.75 Å². The highest BCUT2D eigenvalue weighted by Crippen LogP contribution is 2.27. The number of aromatic nitrogens is 1. The van der Waals surface area contributed by atoms with E-state index in [9.17, 15) is 5.11 Å². The maximum Gasteiger partial charge on any atom is 0.123 e. The highest BCUT2D eigenvalue weighted by Gasteiger charge is 2.24. The lowest BCUT2D eigenvalue weighted by molar-refractivity contribution is 0.152. The molecule has 0 bridgehead atoms. The number of likely N-dealkylation sites (tertiary alicyclic amines) is 1. The second-order valence-electron chi connectivity index (χ2n) is 5.55. The number of aliphatic hydroxyl groups is 1. The van der Waals surface area contributed by atoms with E-state index in [4.69, 9.17) is 9.72 Å². The molecule has 1 aliphatic rings. The van der Waals surface area contributed by atoms with Crippen LogP contribution in [0.2, 0.25) is 0 Å². The molecule has 3 rings (SSSR count). The van der Waals surface area contributed by atoms with Crippen LogP contribution in [0.1, 0.15) is 25.5 Å². The van der Waals surface area contributed by atoms with Crippen LogP contribution in [-0.4, -0.2) is 40.8 Å². The number of ether oxygens (including phenoxy) is 1. The molecule has 5 heteroatoms. The van der Waals surface area contributed by atoms with E-state index in [0.717, 1.165) is 41.5 Å². The van der Waals surface area contributed by atoms with Crippen LogP contribution >= 0.6 is 11.3 Å². The summed E-state index contributed by atoms with van der Waals surface area (Å²) in [5, 5.41) is 12.6. The van der Waals surface area contributed by atoms with Gasteiger partial charge >= 0.3 is 0 Å². The van der Waals surface area contributed by atoms with Crippen molar-refractivity contribution in [2.45, 2.75) is 32.4 Å². The molecule has 0 radical (unpaired) electrons. The third-order valence-corrected chi connectivity index (χ3v) is 4.98. The quantitative estimate of drug-likeness (QED) is 0.888. The van der Waals surface area contributed by atoms with Gasteiger partial charge in [0.05, 0.1) is 18.9 Å². The van der Waals surface area contributed by atoms with Crippen molar-refractivity contribution in [3.8, 4) is 16.3 Å². The fraction of sp³-hybridized carbons (Fsp3) is 0.471. The van der Waals surface area contributed by atoms with Gasteiger partial charge in [-0.3, -0.25) is 4.90 Å². The number of rotatable bonds is 6. The first kappa shape index (κ1) is 15.5. The molecule has 0 amide bonds. The average Bonchev–Trinajstić information content (AvgIpc) is 3.18. The van der Waals surface area contributed by atoms with Crippen LogP contribution in [0.25, 0.3) is 10.6 Å². The number of nitrogens with zero attached hydrogens (tertiary/aromatic N) is 2. The highest BCUT2D eigenvalue weighted by molar-refractivity contribution is 7.13. The van der Waals surface area contributed by atoms with Crippen molar-refractivity contribution in [3.05, 3.63) is 35.3 Å². The molecular formula is C17H22N2O2S. The third kappa shape index (κ3) is 3.48. The molecule has 1 N–H and O–H groups in total. The normalized spacial score (nSPS) is 18.7. The predicted octanol–water partition coefficient (Wildman–Crippen LogP) is 3.17. The van der Waals surface area contributed by atoms with Gasteiger partial charge in [0.1, 0.15) is 10.8 Å². The minimum Gasteiger partial charge on any atom is -0.494 e. The van der Waals surface area contributed by atoms with Gasteiger partial charge in [0.2, 0.25) is 0 Å². The van der Waals surface area contributed by atoms with Crippen molar-refractivity contribution in [3.63, 3.8) is 0 Å². The van der Waals surface area contributed by atoms with Crippen molar-refractivity contribution in [1.29, 1.82) is 0 Å². The Kier molecular flexibility index (Phi) is 5.08. The molecule has 0 aliphatic carbocycles. The molecule has 0 unspecified atom stereocenters. The van der Waals surface area contributed by atoms with Crippen LogP contribution in [0.3, 0.4) is 0 Å². The average molecular weight is 318 g/mol. The number of hydrogen-bond acceptors (Lipinski definition) is 5. The fourth-order valence-corrected chi connectivity index (χ4v) is 3.71. The Labute approximate surface area is 135 Å². The third-order valence-electron chi connectivity index (χ3n) is 4.04. The Balaban J connectivity index is 1.68. The zero-order valence-electron chi connectivity index (χ0n) is 12.9. The van der Waals surface area contributed by atoms with E-state index in [1.807, 2.05) is 19.1 Å². The van der Waals surface area contributed by atoms with Gasteiger partial charge in [-0.25, -0.2) is 4.98 Å². The molecule has 4 nitrogen and oxygen atoms in total. The van der Waals surface area contributed by atoms with E-state index in [-0.39, 0.29) is 6.61 Å². The first-order valence-electron chi connectivity index (χ1n) is 7.82. The van der Waals surface area contributed by atoms with Gasteiger partial charge in [0, 0.05) is 23.5 Å². The number of benzene rings is 1. The van der Waals surface area contributed by atoms with Crippen LogP contribution in [-0.2, 0) is 6.54 Å². The molecule has 1 atom stereocenters. The Hall–Kier alpha value is -1.43. The summed E-state index contributed by atoms with van der Waals surface area (Å²) in [6.45, 7) is 4.80. The van der Waals surface area contributed by atoms with E-state index in [1.165, 1.54) is 6.42 Å². The zero-order chi connectivity index (χ0) is 15.4. The first-order chi connectivity index (χ1) is 10.8. The van der Waals surface area contributed by atoms with Crippen LogP contribution in [0.15, 0.2) is 29.6 Å². The lowest BCUT2D eigenvalue weighted by atomic mass is 10.2. The Morgan fingerprint density at radius 2 is 2.18 bits per heavy atom. The molecule has 118 valence electrons. The summed E-state index contributed by atoms with van der Waals surface area (Å²) in [5.41, 5.74) is 2.22.